The summed E-state index contributed by atoms with van der Waals surface area (Å²) in [6.45, 7) is 0. The van der Waals surface area contributed by atoms with Crippen molar-refractivity contribution in [3.8, 4) is 0 Å². The molecule has 6 heteroatoms. The van der Waals surface area contributed by atoms with E-state index >= 15 is 0 Å². The van der Waals surface area contributed by atoms with Gasteiger partial charge in [-0.1, -0.05) is 0 Å². The molecule has 0 aromatic heterocycles. The van der Waals surface area contributed by atoms with Crippen LogP contribution >= 0.6 is 0 Å². The summed E-state index contributed by atoms with van der Waals surface area (Å²) in [5.74, 6) is -0.335. The second-order valence-corrected chi connectivity index (χ2v) is 3.39. The minimum Gasteiger partial charge on any atom is -0.361 e. The van der Waals surface area contributed by atoms with E-state index in [1.165, 1.54) is 0 Å². The van der Waals surface area contributed by atoms with Crippen LogP contribution in [-0.4, -0.2) is 24.7 Å². The molecule has 0 aromatic rings. The number of nitrogens with zero attached hydrogens (tertiary/aromatic N) is 2. The molecule has 1 rings (SSSR count). The highest BCUT2D eigenvalue weighted by Gasteiger charge is 2.24. The lowest BCUT2D eigenvalue weighted by molar-refractivity contribution is -0.117. The Hall–Kier alpha value is -1.26. The first-order valence-corrected chi connectivity index (χ1v) is 4.43. The zero-order chi connectivity index (χ0) is 9.14. The van der Waals surface area contributed by atoms with Gasteiger partial charge in [0.05, 0.1) is 4.91 Å². The normalized spacial score (nSPS) is 17.6. The van der Waals surface area contributed by atoms with Crippen LogP contribution in [0.3, 0.4) is 0 Å². The lowest BCUT2D eigenvalue weighted by Gasteiger charge is -2.01. The third-order valence-electron chi connectivity index (χ3n) is 1.54. The number of hydrogen-bond donors (Lipinski definition) is 1. The number of carbonyl (C=O) groups is 1. The number of hydrogen-bond acceptors (Lipinski definition) is 3. The van der Waals surface area contributed by atoms with Gasteiger partial charge < -0.3 is 5.53 Å². The predicted octanol–water partition coefficient (Wildman–Crippen LogP) is -0.485. The first-order chi connectivity index (χ1) is 5.65. The summed E-state index contributed by atoms with van der Waals surface area (Å²) < 4.78 is 20.9. The van der Waals surface area contributed by atoms with E-state index in [1.807, 2.05) is 0 Å². The Labute approximate surface area is 70.3 Å². The SMILES string of the molecule is [N-]=[N+]=C1C=C([SH](=O)=O)CCC1=O. The average molecular weight is 186 g/mol. The van der Waals surface area contributed by atoms with Gasteiger partial charge in [0.25, 0.3) is 0 Å². The summed E-state index contributed by atoms with van der Waals surface area (Å²) >= 11 is 0. The number of ketones is 1. The monoisotopic (exact) mass is 186 g/mol. The Morgan fingerprint density at radius 1 is 1.42 bits per heavy atom. The van der Waals surface area contributed by atoms with Crippen LogP contribution < -0.4 is 0 Å². The van der Waals surface area contributed by atoms with Crippen LogP contribution in [0.15, 0.2) is 11.0 Å². The van der Waals surface area contributed by atoms with Crippen LogP contribution in [-0.2, 0) is 15.5 Å². The molecule has 0 aliphatic heterocycles. The lowest BCUT2D eigenvalue weighted by atomic mass is 10.0. The van der Waals surface area contributed by atoms with Gasteiger partial charge in [0, 0.05) is 12.5 Å². The van der Waals surface area contributed by atoms with Crippen LogP contribution in [0, 0.1) is 0 Å². The van der Waals surface area contributed by atoms with E-state index in [9.17, 15) is 13.2 Å². The minimum absolute atomic E-state index is 0.0918. The molecular weight excluding hydrogens is 180 g/mol. The summed E-state index contributed by atoms with van der Waals surface area (Å²) in [4.78, 5) is 13.7. The molecule has 0 radical (unpaired) electrons. The number of allylic oxidation sites excluding steroid dienone is 2. The van der Waals surface area contributed by atoms with E-state index in [0.29, 0.717) is 0 Å². The zero-order valence-electron chi connectivity index (χ0n) is 6.06. The van der Waals surface area contributed by atoms with Gasteiger partial charge in [-0.05, 0) is 6.42 Å². The Kier molecular flexibility index (Phi) is 2.52. The third kappa shape index (κ3) is 1.66. The van der Waals surface area contributed by atoms with Crippen LogP contribution in [0.2, 0.25) is 0 Å². The topological polar surface area (TPSA) is 87.6 Å². The van der Waals surface area contributed by atoms with E-state index < -0.39 is 10.7 Å². The van der Waals surface area contributed by atoms with Crippen molar-refractivity contribution in [2.45, 2.75) is 12.8 Å². The second kappa shape index (κ2) is 3.42. The molecule has 0 fully saturated rings. The number of carbonyl (C=O) groups excluding carboxylic acids is 1. The van der Waals surface area contributed by atoms with Crippen molar-refractivity contribution in [1.82, 2.24) is 0 Å². The highest BCUT2D eigenvalue weighted by molar-refractivity contribution is 7.76. The Balaban J connectivity index is 3.12. The fraction of sp³-hybridized carbons (Fsp3) is 0.333. The molecule has 0 saturated heterocycles. The number of Topliss-reactive ketones (excluding diaryl/α,β-unsaturated/α-hetero) is 1. The van der Waals surface area contributed by atoms with Gasteiger partial charge in [-0.15, -0.1) is 0 Å². The molecule has 0 unspecified atom stereocenters. The third-order valence-corrected chi connectivity index (χ3v) is 2.36. The average Bonchev–Trinajstić information content (AvgIpc) is 2.05. The largest absolute Gasteiger partial charge is 0.361 e. The first-order valence-electron chi connectivity index (χ1n) is 3.25. The van der Waals surface area contributed by atoms with Crippen molar-refractivity contribution in [2.75, 3.05) is 0 Å². The van der Waals surface area contributed by atoms with Crippen LogP contribution in [0.4, 0.5) is 0 Å². The molecule has 0 spiro atoms. The van der Waals surface area contributed by atoms with E-state index in [1.54, 1.807) is 0 Å². The smallest absolute Gasteiger partial charge is 0.358 e. The molecule has 64 valence electrons. The maximum absolute atomic E-state index is 10.9. The molecule has 0 atom stereocenters. The van der Waals surface area contributed by atoms with Gasteiger partial charge in [-0.25, -0.2) is 8.42 Å². The molecule has 0 heterocycles. The highest BCUT2D eigenvalue weighted by Crippen LogP contribution is 2.12. The fourth-order valence-electron chi connectivity index (χ4n) is 0.909. The van der Waals surface area contributed by atoms with E-state index in [2.05, 4.69) is 4.79 Å². The summed E-state index contributed by atoms with van der Waals surface area (Å²) in [5.41, 5.74) is 8.10. The minimum atomic E-state index is -2.65. The van der Waals surface area contributed by atoms with Crippen molar-refractivity contribution in [2.24, 2.45) is 0 Å². The number of thiol groups is 1. The summed E-state index contributed by atoms with van der Waals surface area (Å²) in [5, 5.41) is 0. The molecule has 0 amide bonds. The molecule has 0 aromatic carbocycles. The van der Waals surface area contributed by atoms with Gasteiger partial charge in [0.1, 0.15) is 0 Å². The zero-order valence-corrected chi connectivity index (χ0v) is 6.95. The van der Waals surface area contributed by atoms with Crippen molar-refractivity contribution in [3.63, 3.8) is 0 Å². The van der Waals surface area contributed by atoms with Crippen LogP contribution in [0.25, 0.3) is 5.53 Å². The van der Waals surface area contributed by atoms with Gasteiger partial charge in [0.2, 0.25) is 5.78 Å². The van der Waals surface area contributed by atoms with Gasteiger partial charge in [0.15, 0.2) is 10.7 Å². The van der Waals surface area contributed by atoms with E-state index in [4.69, 9.17) is 5.53 Å². The maximum Gasteiger partial charge on any atom is 0.358 e. The molecule has 12 heavy (non-hydrogen) atoms. The van der Waals surface area contributed by atoms with Gasteiger partial charge in [-0.2, -0.15) is 4.79 Å². The summed E-state index contributed by atoms with van der Waals surface area (Å²) in [7, 11) is -2.65. The van der Waals surface area contributed by atoms with E-state index in [0.717, 1.165) is 6.08 Å². The molecular formula is C6H6N2O3S. The van der Waals surface area contributed by atoms with E-state index in [-0.39, 0.29) is 29.2 Å². The maximum atomic E-state index is 10.9. The van der Waals surface area contributed by atoms with Crippen molar-refractivity contribution >= 4 is 22.2 Å². The molecule has 0 N–H and O–H groups in total. The Morgan fingerprint density at radius 2 is 2.08 bits per heavy atom. The number of rotatable bonds is 1. The highest BCUT2D eigenvalue weighted by atomic mass is 32.2. The fourth-order valence-corrected chi connectivity index (χ4v) is 1.43. The molecule has 1 aliphatic carbocycles. The molecule has 0 saturated carbocycles. The Morgan fingerprint density at radius 3 is 2.58 bits per heavy atom. The predicted molar refractivity (Wildman–Crippen MR) is 41.3 cm³/mol. The van der Waals surface area contributed by atoms with Crippen molar-refractivity contribution in [1.29, 1.82) is 0 Å². The van der Waals surface area contributed by atoms with Crippen molar-refractivity contribution in [3.05, 3.63) is 16.5 Å². The molecule has 5 nitrogen and oxygen atoms in total. The van der Waals surface area contributed by atoms with Crippen molar-refractivity contribution < 1.29 is 18.0 Å². The Bertz CT molecular complexity index is 366. The summed E-state index contributed by atoms with van der Waals surface area (Å²) in [6, 6.07) is 0. The van der Waals surface area contributed by atoms with Gasteiger partial charge in [-0.3, -0.25) is 4.79 Å². The van der Waals surface area contributed by atoms with Crippen LogP contribution in [0.5, 0.6) is 0 Å². The lowest BCUT2D eigenvalue weighted by Crippen LogP contribution is -2.18. The standard InChI is InChI=1S/C6H6N2O3S/c7-8-5-3-4(12(10)11)1-2-6(5)9/h3,12H,1-2H2. The second-order valence-electron chi connectivity index (χ2n) is 2.30. The first kappa shape index (κ1) is 8.83. The molecule has 1 aliphatic rings. The quantitative estimate of drug-likeness (QED) is 0.340. The summed E-state index contributed by atoms with van der Waals surface area (Å²) in [6.07, 6.45) is 1.39. The van der Waals surface area contributed by atoms with Gasteiger partial charge >= 0.3 is 5.71 Å². The van der Waals surface area contributed by atoms with Crippen LogP contribution in [0.1, 0.15) is 12.8 Å². The molecule has 0 bridgehead atoms.